The molecule has 1 aliphatic rings. The molecule has 1 rings (SSSR count). The average Bonchev–Trinajstić information content (AvgIpc) is 2.36. The van der Waals surface area contributed by atoms with Gasteiger partial charge in [-0.2, -0.15) is 0 Å². The Morgan fingerprint density at radius 1 is 1.39 bits per heavy atom. The summed E-state index contributed by atoms with van der Waals surface area (Å²) in [4.78, 5) is 14.3. The van der Waals surface area contributed by atoms with Crippen molar-refractivity contribution in [1.82, 2.24) is 15.5 Å². The largest absolute Gasteiger partial charge is 0.355 e. The summed E-state index contributed by atoms with van der Waals surface area (Å²) in [6.45, 7) is 11.1. The van der Waals surface area contributed by atoms with Crippen LogP contribution in [0.2, 0.25) is 0 Å². The number of hydrogen-bond acceptors (Lipinski definition) is 3. The van der Waals surface area contributed by atoms with E-state index in [1.165, 1.54) is 19.3 Å². The Bertz CT molecular complexity index is 249. The van der Waals surface area contributed by atoms with Crippen LogP contribution in [0.1, 0.15) is 47.0 Å². The van der Waals surface area contributed by atoms with Crippen molar-refractivity contribution in [3.05, 3.63) is 0 Å². The highest BCUT2D eigenvalue weighted by atomic mass is 16.2. The zero-order valence-electron chi connectivity index (χ0n) is 12.3. The second-order valence-corrected chi connectivity index (χ2v) is 5.51. The Morgan fingerprint density at radius 2 is 2.11 bits per heavy atom. The van der Waals surface area contributed by atoms with Gasteiger partial charge in [0.25, 0.3) is 0 Å². The van der Waals surface area contributed by atoms with Gasteiger partial charge in [0, 0.05) is 25.2 Å². The normalized spacial score (nSPS) is 22.2. The number of rotatable bonds is 6. The number of hydrogen-bond donors (Lipinski definition) is 2. The maximum absolute atomic E-state index is 12.0. The maximum atomic E-state index is 12.0. The third-order valence-electron chi connectivity index (χ3n) is 3.73. The van der Waals surface area contributed by atoms with Crippen LogP contribution >= 0.6 is 0 Å². The molecule has 106 valence electrons. The summed E-state index contributed by atoms with van der Waals surface area (Å²) in [6.07, 6.45) is 3.81. The minimum Gasteiger partial charge on any atom is -0.355 e. The lowest BCUT2D eigenvalue weighted by atomic mass is 10.0. The smallest absolute Gasteiger partial charge is 0.237 e. The van der Waals surface area contributed by atoms with Crippen molar-refractivity contribution in [1.29, 1.82) is 0 Å². The van der Waals surface area contributed by atoms with E-state index in [2.05, 4.69) is 29.4 Å². The summed E-state index contributed by atoms with van der Waals surface area (Å²) in [6, 6.07) is 0.887. The molecule has 4 heteroatoms. The lowest BCUT2D eigenvalue weighted by molar-refractivity contribution is -0.126. The van der Waals surface area contributed by atoms with Crippen LogP contribution in [-0.4, -0.2) is 48.6 Å². The molecule has 0 saturated carbocycles. The molecule has 0 radical (unpaired) electrons. The van der Waals surface area contributed by atoms with Crippen LogP contribution in [-0.2, 0) is 4.79 Å². The quantitative estimate of drug-likeness (QED) is 0.753. The molecule has 0 aliphatic carbocycles. The van der Waals surface area contributed by atoms with Crippen LogP contribution in [0.5, 0.6) is 0 Å². The molecule has 1 amide bonds. The van der Waals surface area contributed by atoms with Gasteiger partial charge in [0.2, 0.25) is 5.91 Å². The van der Waals surface area contributed by atoms with Crippen molar-refractivity contribution < 1.29 is 4.79 Å². The van der Waals surface area contributed by atoms with Crippen LogP contribution in [0, 0.1) is 0 Å². The first-order chi connectivity index (χ1) is 8.56. The molecule has 2 unspecified atom stereocenters. The average molecular weight is 255 g/mol. The Kier molecular flexibility index (Phi) is 6.65. The monoisotopic (exact) mass is 255 g/mol. The first-order valence-corrected chi connectivity index (χ1v) is 7.33. The molecule has 2 atom stereocenters. The first kappa shape index (κ1) is 15.4. The predicted octanol–water partition coefficient (Wildman–Crippen LogP) is 1.36. The van der Waals surface area contributed by atoms with Crippen molar-refractivity contribution in [2.24, 2.45) is 0 Å². The summed E-state index contributed by atoms with van der Waals surface area (Å²) in [7, 11) is 0. The second-order valence-electron chi connectivity index (χ2n) is 5.51. The number of amides is 1. The standard InChI is InChI=1S/C14H29N3O/c1-5-15-14(18)12(4)17(11(2)3)10-13-8-6-7-9-16-13/h11-13,16H,5-10H2,1-4H3,(H,15,18). The molecule has 0 aromatic carbocycles. The third kappa shape index (κ3) is 4.58. The molecule has 0 aromatic rings. The number of likely N-dealkylation sites (N-methyl/N-ethyl adjacent to an activating group) is 1. The van der Waals surface area contributed by atoms with E-state index < -0.39 is 0 Å². The minimum atomic E-state index is -0.0475. The van der Waals surface area contributed by atoms with E-state index in [0.717, 1.165) is 13.1 Å². The van der Waals surface area contributed by atoms with Gasteiger partial charge < -0.3 is 10.6 Å². The van der Waals surface area contributed by atoms with Gasteiger partial charge >= 0.3 is 0 Å². The van der Waals surface area contributed by atoms with Gasteiger partial charge in [0.1, 0.15) is 0 Å². The zero-order valence-corrected chi connectivity index (χ0v) is 12.3. The fraction of sp³-hybridized carbons (Fsp3) is 0.929. The van der Waals surface area contributed by atoms with E-state index in [0.29, 0.717) is 18.6 Å². The van der Waals surface area contributed by atoms with E-state index in [-0.39, 0.29) is 11.9 Å². The van der Waals surface area contributed by atoms with E-state index in [1.54, 1.807) is 0 Å². The van der Waals surface area contributed by atoms with Gasteiger partial charge in [0.05, 0.1) is 6.04 Å². The minimum absolute atomic E-state index is 0.0475. The molecular formula is C14H29N3O. The van der Waals surface area contributed by atoms with Crippen LogP contribution in [0.3, 0.4) is 0 Å². The summed E-state index contributed by atoms with van der Waals surface area (Å²) in [5.74, 6) is 0.141. The Hall–Kier alpha value is -0.610. The first-order valence-electron chi connectivity index (χ1n) is 7.33. The molecule has 1 aliphatic heterocycles. The second kappa shape index (κ2) is 7.74. The Morgan fingerprint density at radius 3 is 2.61 bits per heavy atom. The molecule has 0 bridgehead atoms. The zero-order chi connectivity index (χ0) is 13.5. The van der Waals surface area contributed by atoms with Gasteiger partial charge in [-0.05, 0) is 47.1 Å². The highest BCUT2D eigenvalue weighted by Gasteiger charge is 2.26. The molecule has 1 saturated heterocycles. The highest BCUT2D eigenvalue weighted by Crippen LogP contribution is 2.13. The SMILES string of the molecule is CCNC(=O)C(C)N(CC1CCCCN1)C(C)C. The van der Waals surface area contributed by atoms with Crippen LogP contribution in [0.25, 0.3) is 0 Å². The topological polar surface area (TPSA) is 44.4 Å². The fourth-order valence-electron chi connectivity index (χ4n) is 2.62. The van der Waals surface area contributed by atoms with Gasteiger partial charge in [-0.25, -0.2) is 0 Å². The van der Waals surface area contributed by atoms with E-state index >= 15 is 0 Å². The molecule has 1 heterocycles. The summed E-state index contributed by atoms with van der Waals surface area (Å²) in [5, 5.41) is 6.47. The lowest BCUT2D eigenvalue weighted by Crippen LogP contribution is -2.53. The fourth-order valence-corrected chi connectivity index (χ4v) is 2.62. The molecule has 4 nitrogen and oxygen atoms in total. The van der Waals surface area contributed by atoms with Crippen molar-refractivity contribution in [3.8, 4) is 0 Å². The van der Waals surface area contributed by atoms with E-state index in [1.807, 2.05) is 13.8 Å². The van der Waals surface area contributed by atoms with E-state index in [9.17, 15) is 4.79 Å². The number of carbonyl (C=O) groups excluding carboxylic acids is 1. The summed E-state index contributed by atoms with van der Waals surface area (Å²) >= 11 is 0. The molecule has 18 heavy (non-hydrogen) atoms. The van der Waals surface area contributed by atoms with Crippen molar-refractivity contribution >= 4 is 5.91 Å². The van der Waals surface area contributed by atoms with Crippen molar-refractivity contribution in [2.75, 3.05) is 19.6 Å². The van der Waals surface area contributed by atoms with Crippen LogP contribution < -0.4 is 10.6 Å². The van der Waals surface area contributed by atoms with Crippen molar-refractivity contribution in [2.45, 2.75) is 65.1 Å². The molecular weight excluding hydrogens is 226 g/mol. The molecule has 0 aromatic heterocycles. The number of nitrogens with zero attached hydrogens (tertiary/aromatic N) is 1. The molecule has 1 fully saturated rings. The van der Waals surface area contributed by atoms with Crippen LogP contribution in [0.4, 0.5) is 0 Å². The van der Waals surface area contributed by atoms with Gasteiger partial charge in [-0.1, -0.05) is 6.42 Å². The summed E-state index contributed by atoms with van der Waals surface area (Å²) < 4.78 is 0. The number of nitrogens with one attached hydrogen (secondary N) is 2. The van der Waals surface area contributed by atoms with Crippen LogP contribution in [0.15, 0.2) is 0 Å². The molecule has 0 spiro atoms. The number of piperidine rings is 1. The van der Waals surface area contributed by atoms with Gasteiger partial charge in [0.15, 0.2) is 0 Å². The van der Waals surface area contributed by atoms with Crippen molar-refractivity contribution in [3.63, 3.8) is 0 Å². The highest BCUT2D eigenvalue weighted by molar-refractivity contribution is 5.81. The third-order valence-corrected chi connectivity index (χ3v) is 3.73. The van der Waals surface area contributed by atoms with E-state index in [4.69, 9.17) is 0 Å². The Labute approximate surface area is 111 Å². The maximum Gasteiger partial charge on any atom is 0.237 e. The lowest BCUT2D eigenvalue weighted by Gasteiger charge is -2.36. The summed E-state index contributed by atoms with van der Waals surface area (Å²) in [5.41, 5.74) is 0. The predicted molar refractivity (Wildman–Crippen MR) is 75.6 cm³/mol. The van der Waals surface area contributed by atoms with Gasteiger partial charge in [-0.15, -0.1) is 0 Å². The number of carbonyl (C=O) groups is 1. The Balaban J connectivity index is 2.55. The van der Waals surface area contributed by atoms with Gasteiger partial charge in [-0.3, -0.25) is 9.69 Å². The molecule has 2 N–H and O–H groups in total.